The van der Waals surface area contributed by atoms with Gasteiger partial charge in [-0.25, -0.2) is 0 Å². The van der Waals surface area contributed by atoms with Crippen molar-refractivity contribution in [1.82, 2.24) is 4.57 Å². The number of hydrogen-bond acceptors (Lipinski definition) is 1. The third-order valence-corrected chi connectivity index (χ3v) is 6.68. The first-order valence-corrected chi connectivity index (χ1v) is 12.1. The molecule has 5 aromatic carbocycles. The molecule has 37 heavy (non-hydrogen) atoms. The van der Waals surface area contributed by atoms with Crippen molar-refractivity contribution in [1.29, 1.82) is 0 Å². The number of fused-ring (bicyclic) bond motifs is 3. The summed E-state index contributed by atoms with van der Waals surface area (Å²) in [6, 6.07) is 38.5. The molecule has 2 nitrogen and oxygen atoms in total. The highest BCUT2D eigenvalue weighted by Crippen LogP contribution is 2.34. The van der Waals surface area contributed by atoms with E-state index in [0.29, 0.717) is 5.69 Å². The number of para-hydroxylation sites is 1. The first kappa shape index (κ1) is 22.9. The van der Waals surface area contributed by atoms with E-state index in [-0.39, 0.29) is 0 Å². The summed E-state index contributed by atoms with van der Waals surface area (Å²) >= 11 is 0. The lowest BCUT2D eigenvalue weighted by molar-refractivity contribution is -0.137. The molecule has 0 atom stereocenters. The van der Waals surface area contributed by atoms with Crippen LogP contribution in [0.2, 0.25) is 0 Å². The standard InChI is InChI=1S/C32H23F3N2/c33-32(34,35)25-13-17-27(18-14-25)36-26-15-10-23(11-16-26)24-12-19-31-29(20-24)28-8-4-5-9-30(28)37(31)21-22-6-2-1-3-7-22/h1-20,36H,21H2. The highest BCUT2D eigenvalue weighted by Gasteiger charge is 2.29. The number of nitrogens with one attached hydrogen (secondary N) is 1. The van der Waals surface area contributed by atoms with Crippen LogP contribution < -0.4 is 5.32 Å². The van der Waals surface area contributed by atoms with Crippen LogP contribution in [0.3, 0.4) is 0 Å². The molecular weight excluding hydrogens is 469 g/mol. The van der Waals surface area contributed by atoms with Crippen LogP contribution in [-0.2, 0) is 12.7 Å². The third-order valence-electron chi connectivity index (χ3n) is 6.68. The molecule has 0 amide bonds. The van der Waals surface area contributed by atoms with Gasteiger partial charge < -0.3 is 9.88 Å². The fraction of sp³-hybridized carbons (Fsp3) is 0.0625. The number of anilines is 2. The van der Waals surface area contributed by atoms with Gasteiger partial charge >= 0.3 is 6.18 Å². The average molecular weight is 493 g/mol. The zero-order chi connectivity index (χ0) is 25.4. The van der Waals surface area contributed by atoms with Crippen LogP contribution >= 0.6 is 0 Å². The van der Waals surface area contributed by atoms with Crippen LogP contribution in [0.4, 0.5) is 24.5 Å². The van der Waals surface area contributed by atoms with Gasteiger partial charge in [0.15, 0.2) is 0 Å². The second-order valence-corrected chi connectivity index (χ2v) is 9.10. The summed E-state index contributed by atoms with van der Waals surface area (Å²) in [5, 5.41) is 5.59. The summed E-state index contributed by atoms with van der Waals surface area (Å²) < 4.78 is 40.8. The van der Waals surface area contributed by atoms with Crippen molar-refractivity contribution < 1.29 is 13.2 Å². The lowest BCUT2D eigenvalue weighted by Crippen LogP contribution is -2.04. The zero-order valence-electron chi connectivity index (χ0n) is 19.8. The summed E-state index contributed by atoms with van der Waals surface area (Å²) in [6.07, 6.45) is -4.34. The largest absolute Gasteiger partial charge is 0.416 e. The van der Waals surface area contributed by atoms with Crippen molar-refractivity contribution in [3.8, 4) is 11.1 Å². The minimum atomic E-state index is -4.34. The van der Waals surface area contributed by atoms with Gasteiger partial charge in [-0.2, -0.15) is 13.2 Å². The molecule has 0 aliphatic carbocycles. The van der Waals surface area contributed by atoms with Crippen molar-refractivity contribution >= 4 is 33.2 Å². The topological polar surface area (TPSA) is 17.0 Å². The van der Waals surface area contributed by atoms with E-state index < -0.39 is 11.7 Å². The molecule has 5 heteroatoms. The highest BCUT2D eigenvalue weighted by molar-refractivity contribution is 6.09. The number of aromatic nitrogens is 1. The van der Waals surface area contributed by atoms with E-state index in [1.165, 1.54) is 39.5 Å². The molecule has 0 saturated heterocycles. The van der Waals surface area contributed by atoms with E-state index in [9.17, 15) is 13.2 Å². The number of rotatable bonds is 5. The van der Waals surface area contributed by atoms with Crippen LogP contribution in [0, 0.1) is 0 Å². The molecule has 6 aromatic rings. The minimum Gasteiger partial charge on any atom is -0.356 e. The maximum atomic E-state index is 12.8. The van der Waals surface area contributed by atoms with Crippen molar-refractivity contribution in [2.75, 3.05) is 5.32 Å². The predicted molar refractivity (Wildman–Crippen MR) is 145 cm³/mol. The van der Waals surface area contributed by atoms with Gasteiger partial charge in [-0.3, -0.25) is 0 Å². The average Bonchev–Trinajstić information content (AvgIpc) is 3.22. The van der Waals surface area contributed by atoms with Gasteiger partial charge in [0.2, 0.25) is 0 Å². The summed E-state index contributed by atoms with van der Waals surface area (Å²) in [5.41, 5.74) is 6.58. The summed E-state index contributed by atoms with van der Waals surface area (Å²) in [6.45, 7) is 0.800. The van der Waals surface area contributed by atoms with Gasteiger partial charge in [-0.15, -0.1) is 0 Å². The maximum Gasteiger partial charge on any atom is 0.416 e. The fourth-order valence-electron chi connectivity index (χ4n) is 4.82. The molecule has 0 radical (unpaired) electrons. The summed E-state index contributed by atoms with van der Waals surface area (Å²) in [7, 11) is 0. The number of alkyl halides is 3. The Kier molecular flexibility index (Phi) is 5.68. The normalized spacial score (nSPS) is 11.8. The Morgan fingerprint density at radius 2 is 1.16 bits per heavy atom. The molecule has 1 aromatic heterocycles. The van der Waals surface area contributed by atoms with E-state index in [1.54, 1.807) is 0 Å². The smallest absolute Gasteiger partial charge is 0.356 e. The number of nitrogens with zero attached hydrogens (tertiary/aromatic N) is 1. The molecule has 0 spiro atoms. The molecule has 1 heterocycles. The van der Waals surface area contributed by atoms with Gasteiger partial charge in [0.05, 0.1) is 5.56 Å². The van der Waals surface area contributed by atoms with Crippen LogP contribution in [0.15, 0.2) is 121 Å². The summed E-state index contributed by atoms with van der Waals surface area (Å²) in [4.78, 5) is 0. The van der Waals surface area contributed by atoms with E-state index >= 15 is 0 Å². The predicted octanol–water partition coefficient (Wildman–Crippen LogP) is 9.27. The number of benzene rings is 5. The van der Waals surface area contributed by atoms with Crippen LogP contribution in [0.1, 0.15) is 11.1 Å². The van der Waals surface area contributed by atoms with Gasteiger partial charge in [-0.1, -0.05) is 66.7 Å². The maximum absolute atomic E-state index is 12.8. The first-order chi connectivity index (χ1) is 18.0. The van der Waals surface area contributed by atoms with Crippen molar-refractivity contribution in [3.63, 3.8) is 0 Å². The van der Waals surface area contributed by atoms with E-state index in [2.05, 4.69) is 76.6 Å². The van der Waals surface area contributed by atoms with Gasteiger partial charge in [0.25, 0.3) is 0 Å². The van der Waals surface area contributed by atoms with Crippen molar-refractivity contribution in [2.45, 2.75) is 12.7 Å². The Hall–Kier alpha value is -4.51. The fourth-order valence-corrected chi connectivity index (χ4v) is 4.82. The molecule has 6 rings (SSSR count). The Labute approximate surface area is 212 Å². The van der Waals surface area contributed by atoms with Crippen LogP contribution in [0.25, 0.3) is 32.9 Å². The second kappa shape index (κ2) is 9.17. The minimum absolute atomic E-state index is 0.605. The lowest BCUT2D eigenvalue weighted by Gasteiger charge is -2.11. The van der Waals surface area contributed by atoms with E-state index in [4.69, 9.17) is 0 Å². The molecule has 182 valence electrons. The molecule has 0 fully saturated rings. The number of hydrogen-bond donors (Lipinski definition) is 1. The van der Waals surface area contributed by atoms with Gasteiger partial charge in [0, 0.05) is 39.7 Å². The Morgan fingerprint density at radius 3 is 1.86 bits per heavy atom. The van der Waals surface area contributed by atoms with Gasteiger partial charge in [0.1, 0.15) is 0 Å². The lowest BCUT2D eigenvalue weighted by atomic mass is 10.0. The van der Waals surface area contributed by atoms with Crippen LogP contribution in [0.5, 0.6) is 0 Å². The Morgan fingerprint density at radius 1 is 0.568 bits per heavy atom. The molecule has 0 aliphatic heterocycles. The quantitative estimate of drug-likeness (QED) is 0.254. The molecule has 1 N–H and O–H groups in total. The molecular formula is C32H23F3N2. The summed E-state index contributed by atoms with van der Waals surface area (Å²) in [5.74, 6) is 0. The second-order valence-electron chi connectivity index (χ2n) is 9.10. The van der Waals surface area contributed by atoms with E-state index in [0.717, 1.165) is 35.5 Å². The monoisotopic (exact) mass is 492 g/mol. The Bertz CT molecular complexity index is 1680. The third kappa shape index (κ3) is 4.56. The van der Waals surface area contributed by atoms with Gasteiger partial charge in [-0.05, 0) is 71.3 Å². The highest BCUT2D eigenvalue weighted by atomic mass is 19.4. The molecule has 0 unspecified atom stereocenters. The Balaban J connectivity index is 1.30. The first-order valence-electron chi connectivity index (χ1n) is 12.1. The zero-order valence-corrected chi connectivity index (χ0v) is 19.8. The molecule has 0 saturated carbocycles. The molecule has 0 aliphatic rings. The van der Waals surface area contributed by atoms with E-state index in [1.807, 2.05) is 30.3 Å². The van der Waals surface area contributed by atoms with Crippen LogP contribution in [-0.4, -0.2) is 4.57 Å². The molecule has 0 bridgehead atoms. The van der Waals surface area contributed by atoms with Crippen molar-refractivity contribution in [2.24, 2.45) is 0 Å². The van der Waals surface area contributed by atoms with Crippen molar-refractivity contribution in [3.05, 3.63) is 132 Å². The number of halogens is 3. The SMILES string of the molecule is FC(F)(F)c1ccc(Nc2ccc(-c3ccc4c(c3)c3ccccc3n4Cc3ccccc3)cc2)cc1.